The van der Waals surface area contributed by atoms with Gasteiger partial charge in [0.25, 0.3) is 0 Å². The van der Waals surface area contributed by atoms with Crippen molar-refractivity contribution in [3.8, 4) is 0 Å². The topological polar surface area (TPSA) is 79.8 Å². The molecule has 0 aromatic heterocycles. The number of urea groups is 1. The fourth-order valence-electron chi connectivity index (χ4n) is 2.15. The second-order valence-corrected chi connectivity index (χ2v) is 5.08. The molecule has 1 saturated heterocycles. The molecule has 0 radical (unpaired) electrons. The van der Waals surface area contributed by atoms with Crippen molar-refractivity contribution in [2.24, 2.45) is 0 Å². The smallest absolute Gasteiger partial charge is 0.315 e. The Morgan fingerprint density at radius 2 is 2.00 bits per heavy atom. The molecule has 1 atom stereocenters. The minimum atomic E-state index is -0.409. The van der Waals surface area contributed by atoms with E-state index in [-0.39, 0.29) is 18.9 Å². The van der Waals surface area contributed by atoms with Crippen molar-refractivity contribution in [2.75, 3.05) is 26.4 Å². The number of amides is 2. The van der Waals surface area contributed by atoms with Gasteiger partial charge in [-0.3, -0.25) is 0 Å². The molecular weight excluding hydrogens is 284 g/mol. The van der Waals surface area contributed by atoms with Crippen molar-refractivity contribution in [1.29, 1.82) is 0 Å². The Morgan fingerprint density at radius 1 is 1.32 bits per heavy atom. The number of aliphatic hydroxyl groups excluding tert-OH is 1. The molecule has 2 amide bonds. The van der Waals surface area contributed by atoms with Crippen molar-refractivity contribution in [3.05, 3.63) is 42.5 Å². The standard InChI is InChI=1S/C16H22N2O4/c1-12(13-5-3-2-4-6-13)10-17-16(20)18-14(11-19)9-15-21-7-8-22-15/h2-6,14-15,19H,1,7-11H2,(H2,17,18,20). The fraction of sp³-hybridized carbons (Fsp3) is 0.438. The van der Waals surface area contributed by atoms with Crippen LogP contribution >= 0.6 is 0 Å². The van der Waals surface area contributed by atoms with Gasteiger partial charge in [0.2, 0.25) is 0 Å². The van der Waals surface area contributed by atoms with Crippen LogP contribution in [0.1, 0.15) is 12.0 Å². The molecule has 0 spiro atoms. The average Bonchev–Trinajstić information content (AvgIpc) is 3.05. The van der Waals surface area contributed by atoms with Gasteiger partial charge in [0.1, 0.15) is 0 Å². The van der Waals surface area contributed by atoms with Crippen molar-refractivity contribution in [3.63, 3.8) is 0 Å². The van der Waals surface area contributed by atoms with E-state index in [1.807, 2.05) is 30.3 Å². The summed E-state index contributed by atoms with van der Waals surface area (Å²) >= 11 is 0. The summed E-state index contributed by atoms with van der Waals surface area (Å²) in [6, 6.07) is 8.88. The zero-order valence-corrected chi connectivity index (χ0v) is 12.5. The van der Waals surface area contributed by atoms with Crippen LogP contribution < -0.4 is 10.6 Å². The first-order chi connectivity index (χ1) is 10.7. The van der Waals surface area contributed by atoms with Crippen LogP contribution in [0, 0.1) is 0 Å². The Balaban J connectivity index is 1.73. The third-order valence-electron chi connectivity index (χ3n) is 3.37. The number of benzene rings is 1. The average molecular weight is 306 g/mol. The lowest BCUT2D eigenvalue weighted by Crippen LogP contribution is -2.45. The van der Waals surface area contributed by atoms with Crippen molar-refractivity contribution < 1.29 is 19.4 Å². The SMILES string of the molecule is C=C(CNC(=O)NC(CO)CC1OCCO1)c1ccccc1. The largest absolute Gasteiger partial charge is 0.394 e. The third-order valence-corrected chi connectivity index (χ3v) is 3.37. The van der Waals surface area contributed by atoms with E-state index in [0.29, 0.717) is 26.2 Å². The van der Waals surface area contributed by atoms with Crippen LogP contribution in [0.4, 0.5) is 4.79 Å². The lowest BCUT2D eigenvalue weighted by atomic mass is 10.1. The second kappa shape index (κ2) is 8.53. The number of ether oxygens (including phenoxy) is 2. The maximum atomic E-state index is 11.9. The quantitative estimate of drug-likeness (QED) is 0.705. The summed E-state index contributed by atoms with van der Waals surface area (Å²) in [4.78, 5) is 11.9. The first kappa shape index (κ1) is 16.5. The molecule has 0 aliphatic carbocycles. The van der Waals surface area contributed by atoms with Gasteiger partial charge >= 0.3 is 6.03 Å². The number of nitrogens with one attached hydrogen (secondary N) is 2. The molecule has 1 aliphatic heterocycles. The number of hydrogen-bond donors (Lipinski definition) is 3. The Hall–Kier alpha value is -1.89. The highest BCUT2D eigenvalue weighted by Gasteiger charge is 2.22. The third kappa shape index (κ3) is 5.14. The molecule has 120 valence electrons. The zero-order chi connectivity index (χ0) is 15.8. The minimum Gasteiger partial charge on any atom is -0.394 e. The zero-order valence-electron chi connectivity index (χ0n) is 12.5. The summed E-state index contributed by atoms with van der Waals surface area (Å²) < 4.78 is 10.6. The summed E-state index contributed by atoms with van der Waals surface area (Å²) in [5.41, 5.74) is 1.80. The van der Waals surface area contributed by atoms with E-state index in [4.69, 9.17) is 9.47 Å². The van der Waals surface area contributed by atoms with Gasteiger partial charge in [-0.25, -0.2) is 4.79 Å². The van der Waals surface area contributed by atoms with Crippen LogP contribution in [-0.2, 0) is 9.47 Å². The molecule has 2 rings (SSSR count). The number of hydrogen-bond acceptors (Lipinski definition) is 4. The lowest BCUT2D eigenvalue weighted by molar-refractivity contribution is -0.0549. The van der Waals surface area contributed by atoms with Crippen LogP contribution in [0.3, 0.4) is 0 Å². The van der Waals surface area contributed by atoms with Crippen molar-refractivity contribution in [2.45, 2.75) is 18.8 Å². The maximum Gasteiger partial charge on any atom is 0.315 e. The van der Waals surface area contributed by atoms with E-state index in [0.717, 1.165) is 11.1 Å². The van der Waals surface area contributed by atoms with E-state index in [1.54, 1.807) is 0 Å². The molecule has 1 aromatic rings. The molecule has 3 N–H and O–H groups in total. The van der Waals surface area contributed by atoms with E-state index in [2.05, 4.69) is 17.2 Å². The first-order valence-corrected chi connectivity index (χ1v) is 7.30. The maximum absolute atomic E-state index is 11.9. The van der Waals surface area contributed by atoms with Crippen LogP contribution in [-0.4, -0.2) is 49.8 Å². The molecule has 1 fully saturated rings. The predicted molar refractivity (Wildman–Crippen MR) is 83.2 cm³/mol. The monoisotopic (exact) mass is 306 g/mol. The summed E-state index contributed by atoms with van der Waals surface area (Å²) in [6.07, 6.45) is 0.0561. The highest BCUT2D eigenvalue weighted by molar-refractivity contribution is 5.77. The van der Waals surface area contributed by atoms with E-state index >= 15 is 0 Å². The van der Waals surface area contributed by atoms with Crippen LogP contribution in [0.5, 0.6) is 0 Å². The van der Waals surface area contributed by atoms with Crippen molar-refractivity contribution >= 4 is 11.6 Å². The second-order valence-electron chi connectivity index (χ2n) is 5.08. The van der Waals surface area contributed by atoms with E-state index in [9.17, 15) is 9.90 Å². The fourth-order valence-corrected chi connectivity index (χ4v) is 2.15. The first-order valence-electron chi connectivity index (χ1n) is 7.30. The molecule has 1 unspecified atom stereocenters. The van der Waals surface area contributed by atoms with Gasteiger partial charge < -0.3 is 25.2 Å². The number of rotatable bonds is 7. The Morgan fingerprint density at radius 3 is 2.64 bits per heavy atom. The van der Waals surface area contributed by atoms with Gasteiger partial charge in [-0.2, -0.15) is 0 Å². The van der Waals surface area contributed by atoms with E-state index in [1.165, 1.54) is 0 Å². The summed E-state index contributed by atoms with van der Waals surface area (Å²) in [5.74, 6) is 0. The summed E-state index contributed by atoms with van der Waals surface area (Å²) in [6.45, 7) is 5.21. The van der Waals surface area contributed by atoms with Crippen LogP contribution in [0.2, 0.25) is 0 Å². The molecule has 6 heteroatoms. The normalized spacial score (nSPS) is 16.2. The highest BCUT2D eigenvalue weighted by Crippen LogP contribution is 2.11. The van der Waals surface area contributed by atoms with Crippen molar-refractivity contribution in [1.82, 2.24) is 10.6 Å². The minimum absolute atomic E-state index is 0.170. The molecular formula is C16H22N2O4. The molecule has 22 heavy (non-hydrogen) atoms. The lowest BCUT2D eigenvalue weighted by Gasteiger charge is -2.19. The number of aliphatic hydroxyl groups is 1. The summed E-state index contributed by atoms with van der Waals surface area (Å²) in [5, 5.41) is 14.7. The Labute approximate surface area is 130 Å². The van der Waals surface area contributed by atoms with Gasteiger partial charge in [0, 0.05) is 13.0 Å². The summed E-state index contributed by atoms with van der Waals surface area (Å²) in [7, 11) is 0. The molecule has 6 nitrogen and oxygen atoms in total. The highest BCUT2D eigenvalue weighted by atomic mass is 16.7. The number of carbonyl (C=O) groups excluding carboxylic acids is 1. The number of carbonyl (C=O) groups is 1. The van der Waals surface area contributed by atoms with Gasteiger partial charge in [-0.15, -0.1) is 0 Å². The van der Waals surface area contributed by atoms with Crippen LogP contribution in [0.15, 0.2) is 36.9 Å². The molecule has 1 aromatic carbocycles. The molecule has 1 aliphatic rings. The Bertz CT molecular complexity index is 486. The molecule has 0 saturated carbocycles. The van der Waals surface area contributed by atoms with Gasteiger partial charge in [-0.05, 0) is 11.1 Å². The van der Waals surface area contributed by atoms with Crippen LogP contribution in [0.25, 0.3) is 5.57 Å². The molecule has 0 bridgehead atoms. The van der Waals surface area contributed by atoms with E-state index < -0.39 is 6.04 Å². The van der Waals surface area contributed by atoms with Gasteiger partial charge in [0.05, 0.1) is 25.9 Å². The Kier molecular flexibility index (Phi) is 6.39. The molecule has 1 heterocycles. The van der Waals surface area contributed by atoms with Gasteiger partial charge in [0.15, 0.2) is 6.29 Å². The predicted octanol–water partition coefficient (Wildman–Crippen LogP) is 1.12. The van der Waals surface area contributed by atoms with Gasteiger partial charge in [-0.1, -0.05) is 36.9 Å².